The summed E-state index contributed by atoms with van der Waals surface area (Å²) >= 11 is 0. The molecule has 0 amide bonds. The molecule has 0 aromatic carbocycles. The molecule has 0 spiro atoms. The minimum absolute atomic E-state index is 0. The van der Waals surface area contributed by atoms with Gasteiger partial charge in [0.1, 0.15) is 6.10 Å². The minimum atomic E-state index is -0.954. The van der Waals surface area contributed by atoms with Gasteiger partial charge in [-0.1, -0.05) is 0 Å². The van der Waals surface area contributed by atoms with Crippen molar-refractivity contribution in [3.8, 4) is 0 Å². The second-order valence-electron chi connectivity index (χ2n) is 1.02. The Morgan fingerprint density at radius 3 is 1.43 bits per heavy atom. The van der Waals surface area contributed by atoms with Gasteiger partial charge in [0.05, 0.1) is 13.2 Å². The van der Waals surface area contributed by atoms with Gasteiger partial charge in [0, 0.05) is 0 Å². The topological polar surface area (TPSA) is 60.7 Å². The summed E-state index contributed by atoms with van der Waals surface area (Å²) in [6, 6.07) is 0. The van der Waals surface area contributed by atoms with Crippen LogP contribution in [0.25, 0.3) is 0 Å². The van der Waals surface area contributed by atoms with E-state index in [1.54, 1.807) is 0 Å². The molecule has 0 heterocycles. The zero-order valence-electron chi connectivity index (χ0n) is 4.04. The van der Waals surface area contributed by atoms with Crippen molar-refractivity contribution in [3.05, 3.63) is 0 Å². The molecule has 0 radical (unpaired) electrons. The Morgan fingerprint density at radius 1 is 1.14 bits per heavy atom. The SMILES string of the molecule is OCC(O)CO.[SbH3]. The van der Waals surface area contributed by atoms with Crippen LogP contribution in [0.3, 0.4) is 0 Å². The van der Waals surface area contributed by atoms with E-state index in [1.807, 2.05) is 0 Å². The number of hydrogen-bond donors (Lipinski definition) is 3. The quantitative estimate of drug-likeness (QED) is 0.436. The molecule has 0 aliphatic rings. The van der Waals surface area contributed by atoms with E-state index in [0.717, 1.165) is 0 Å². The fraction of sp³-hybridized carbons (Fsp3) is 1.00. The van der Waals surface area contributed by atoms with E-state index in [-0.39, 0.29) is 37.6 Å². The molecular weight excluding hydrogens is 206 g/mol. The fourth-order valence-electron chi connectivity index (χ4n) is 0.0577. The Bertz CT molecular complexity index is 29.4. The summed E-state index contributed by atoms with van der Waals surface area (Å²) in [4.78, 5) is 0. The Labute approximate surface area is 59.4 Å². The standard InChI is InChI=1S/C3H8O3.Sb.3H/c4-1-3(6)2-5;;;;/h3-6H,1-2H2;;;;. The average molecular weight is 217 g/mol. The molecule has 0 aliphatic carbocycles. The molecule has 0 aromatic heterocycles. The van der Waals surface area contributed by atoms with Gasteiger partial charge in [0.25, 0.3) is 0 Å². The monoisotopic (exact) mass is 216 g/mol. The molecular formula is C3H11O3Sb. The van der Waals surface area contributed by atoms with Crippen molar-refractivity contribution in [1.82, 2.24) is 0 Å². The van der Waals surface area contributed by atoms with Crippen molar-refractivity contribution < 1.29 is 15.3 Å². The number of hydrogen-bond acceptors (Lipinski definition) is 3. The van der Waals surface area contributed by atoms with Crippen LogP contribution in [-0.4, -0.2) is 59.1 Å². The van der Waals surface area contributed by atoms with E-state index in [1.165, 1.54) is 0 Å². The first-order valence-electron chi connectivity index (χ1n) is 1.71. The van der Waals surface area contributed by atoms with Gasteiger partial charge in [-0.3, -0.25) is 0 Å². The van der Waals surface area contributed by atoms with Crippen molar-refractivity contribution >= 4 is 24.4 Å². The summed E-state index contributed by atoms with van der Waals surface area (Å²) in [6.45, 7) is -0.729. The van der Waals surface area contributed by atoms with Crippen molar-refractivity contribution in [2.75, 3.05) is 13.2 Å². The van der Waals surface area contributed by atoms with Crippen LogP contribution in [0, 0.1) is 0 Å². The predicted molar refractivity (Wildman–Crippen MR) is 30.1 cm³/mol. The summed E-state index contributed by atoms with van der Waals surface area (Å²) in [5.74, 6) is 0. The molecule has 0 aliphatic heterocycles. The zero-order valence-corrected chi connectivity index (χ0v) is 8.08. The number of rotatable bonds is 2. The summed E-state index contributed by atoms with van der Waals surface area (Å²) in [5.41, 5.74) is 0. The molecule has 0 bridgehead atoms. The summed E-state index contributed by atoms with van der Waals surface area (Å²) in [6.07, 6.45) is -0.954. The van der Waals surface area contributed by atoms with E-state index < -0.39 is 6.10 Å². The van der Waals surface area contributed by atoms with Gasteiger partial charge in [0.15, 0.2) is 0 Å². The molecule has 0 rings (SSSR count). The van der Waals surface area contributed by atoms with Crippen LogP contribution >= 0.6 is 0 Å². The van der Waals surface area contributed by atoms with Crippen LogP contribution in [0.2, 0.25) is 0 Å². The van der Waals surface area contributed by atoms with Crippen molar-refractivity contribution in [2.45, 2.75) is 6.10 Å². The maximum absolute atomic E-state index is 8.17. The van der Waals surface area contributed by atoms with Crippen LogP contribution in [0.4, 0.5) is 0 Å². The van der Waals surface area contributed by atoms with E-state index in [4.69, 9.17) is 15.3 Å². The molecule has 0 saturated heterocycles. The van der Waals surface area contributed by atoms with Crippen LogP contribution in [0.1, 0.15) is 0 Å². The first-order chi connectivity index (χ1) is 2.81. The molecule has 0 aromatic rings. The van der Waals surface area contributed by atoms with Gasteiger partial charge >= 0.3 is 24.4 Å². The Morgan fingerprint density at radius 2 is 1.43 bits per heavy atom. The summed E-state index contributed by atoms with van der Waals surface area (Å²) in [5, 5.41) is 24.0. The van der Waals surface area contributed by atoms with Gasteiger partial charge in [-0.05, 0) is 0 Å². The van der Waals surface area contributed by atoms with Gasteiger partial charge < -0.3 is 15.3 Å². The van der Waals surface area contributed by atoms with Crippen molar-refractivity contribution in [2.24, 2.45) is 0 Å². The second-order valence-corrected chi connectivity index (χ2v) is 1.02. The van der Waals surface area contributed by atoms with Gasteiger partial charge in [-0.25, -0.2) is 0 Å². The van der Waals surface area contributed by atoms with Crippen LogP contribution in [0.5, 0.6) is 0 Å². The second kappa shape index (κ2) is 6.70. The first kappa shape index (κ1) is 10.6. The van der Waals surface area contributed by atoms with Crippen molar-refractivity contribution in [1.29, 1.82) is 0 Å². The molecule has 0 unspecified atom stereocenters. The fourth-order valence-corrected chi connectivity index (χ4v) is 0.0577. The molecule has 46 valence electrons. The number of aliphatic hydroxyl groups excluding tert-OH is 3. The Balaban J connectivity index is 0. The molecule has 7 heavy (non-hydrogen) atoms. The van der Waals surface area contributed by atoms with E-state index in [2.05, 4.69) is 0 Å². The first-order valence-corrected chi connectivity index (χ1v) is 1.71. The van der Waals surface area contributed by atoms with E-state index in [9.17, 15) is 0 Å². The Kier molecular flexibility index (Phi) is 10.2. The van der Waals surface area contributed by atoms with Crippen LogP contribution in [0.15, 0.2) is 0 Å². The molecule has 0 fully saturated rings. The van der Waals surface area contributed by atoms with Gasteiger partial charge in [-0.15, -0.1) is 0 Å². The Hall–Kier alpha value is 0.698. The van der Waals surface area contributed by atoms with E-state index in [0.29, 0.717) is 0 Å². The molecule has 3 nitrogen and oxygen atoms in total. The summed E-state index contributed by atoms with van der Waals surface area (Å²) in [7, 11) is 0. The average Bonchev–Trinajstić information content (AvgIpc) is 1.65. The molecule has 3 N–H and O–H groups in total. The summed E-state index contributed by atoms with van der Waals surface area (Å²) < 4.78 is 0. The zero-order chi connectivity index (χ0) is 4.99. The third-order valence-electron chi connectivity index (χ3n) is 0.421. The maximum atomic E-state index is 8.17. The van der Waals surface area contributed by atoms with Crippen LogP contribution in [-0.2, 0) is 0 Å². The van der Waals surface area contributed by atoms with E-state index >= 15 is 0 Å². The number of aliphatic hydroxyl groups is 3. The van der Waals surface area contributed by atoms with Crippen LogP contribution < -0.4 is 0 Å². The molecule has 0 atom stereocenters. The van der Waals surface area contributed by atoms with Crippen molar-refractivity contribution in [3.63, 3.8) is 0 Å². The third kappa shape index (κ3) is 6.70. The third-order valence-corrected chi connectivity index (χ3v) is 0.421. The van der Waals surface area contributed by atoms with Gasteiger partial charge in [-0.2, -0.15) is 0 Å². The molecule has 4 heteroatoms. The predicted octanol–water partition coefficient (Wildman–Crippen LogP) is -2.85. The normalized spacial score (nSPS) is 8.57. The van der Waals surface area contributed by atoms with Gasteiger partial charge in [0.2, 0.25) is 0 Å². The molecule has 0 saturated carbocycles.